The van der Waals surface area contributed by atoms with E-state index < -0.39 is 0 Å². The lowest BCUT2D eigenvalue weighted by Crippen LogP contribution is -2.37. The highest BCUT2D eigenvalue weighted by molar-refractivity contribution is 6.34. The van der Waals surface area contributed by atoms with Crippen LogP contribution in [0.3, 0.4) is 0 Å². The number of halogens is 2. The Hall–Kier alpha value is -2.95. The number of morpholine rings is 2. The Morgan fingerprint density at radius 1 is 0.821 bits per heavy atom. The smallest absolute Gasteiger partial charge is 0.228 e. The fourth-order valence-corrected chi connectivity index (χ4v) is 5.34. The van der Waals surface area contributed by atoms with Gasteiger partial charge in [0.05, 0.1) is 37.6 Å². The zero-order valence-corrected chi connectivity index (χ0v) is 23.2. The molecule has 0 unspecified atom stereocenters. The molecule has 0 saturated carbocycles. The molecule has 0 atom stereocenters. The average Bonchev–Trinajstić information content (AvgIpc) is 3.29. The van der Waals surface area contributed by atoms with Crippen LogP contribution in [0.15, 0.2) is 48.5 Å². The first-order valence-electron chi connectivity index (χ1n) is 13.3. The molecular weight excluding hydrogens is 537 g/mol. The molecule has 0 amide bonds. The molecule has 204 valence electrons. The SMILES string of the molecule is Clc1ccc(Nc2cc(-c3ccc4c(Cl)nn(CCCN5CCOCC5)c4c3)nc(N3CCOCC3)n2)cc1. The van der Waals surface area contributed by atoms with Crippen LogP contribution < -0.4 is 10.2 Å². The predicted octanol–water partition coefficient (Wildman–Crippen LogP) is 5.10. The average molecular weight is 569 g/mol. The van der Waals surface area contributed by atoms with Gasteiger partial charge in [-0.3, -0.25) is 9.58 Å². The lowest BCUT2D eigenvalue weighted by Gasteiger charge is -2.27. The van der Waals surface area contributed by atoms with E-state index in [1.165, 1.54) is 0 Å². The second kappa shape index (κ2) is 12.1. The van der Waals surface area contributed by atoms with Crippen LogP contribution in [0.5, 0.6) is 0 Å². The monoisotopic (exact) mass is 567 g/mol. The van der Waals surface area contributed by atoms with E-state index in [-0.39, 0.29) is 0 Å². The van der Waals surface area contributed by atoms with Gasteiger partial charge >= 0.3 is 0 Å². The molecule has 0 bridgehead atoms. The van der Waals surface area contributed by atoms with E-state index in [2.05, 4.69) is 26.3 Å². The van der Waals surface area contributed by atoms with Crippen LogP contribution in [0.2, 0.25) is 10.2 Å². The number of aromatic nitrogens is 4. The molecule has 2 aromatic heterocycles. The first-order chi connectivity index (χ1) is 19.1. The highest BCUT2D eigenvalue weighted by Crippen LogP contribution is 2.31. The summed E-state index contributed by atoms with van der Waals surface area (Å²) in [7, 11) is 0. The van der Waals surface area contributed by atoms with E-state index in [1.54, 1.807) is 0 Å². The summed E-state index contributed by atoms with van der Waals surface area (Å²) in [5.74, 6) is 1.38. The van der Waals surface area contributed by atoms with Gasteiger partial charge in [-0.1, -0.05) is 29.3 Å². The molecule has 9 nitrogen and oxygen atoms in total. The van der Waals surface area contributed by atoms with Crippen molar-refractivity contribution in [3.8, 4) is 11.3 Å². The molecule has 0 aliphatic carbocycles. The molecule has 0 radical (unpaired) electrons. The highest BCUT2D eigenvalue weighted by atomic mass is 35.5. The third-order valence-electron chi connectivity index (χ3n) is 7.08. The van der Waals surface area contributed by atoms with Gasteiger partial charge in [-0.05, 0) is 42.8 Å². The molecule has 0 spiro atoms. The standard InChI is InChI=1S/C28H31Cl2N7O2/c29-21-3-5-22(6-4-21)31-26-19-24(32-28(33-26)36-12-16-39-17-13-36)20-2-7-23-25(18-20)37(34-27(23)30)9-1-8-35-10-14-38-15-11-35/h2-7,18-19H,1,8-17H2,(H,31,32,33). The summed E-state index contributed by atoms with van der Waals surface area (Å²) in [5.41, 5.74) is 3.70. The molecule has 4 aromatic rings. The molecule has 1 N–H and O–H groups in total. The quantitative estimate of drug-likeness (QED) is 0.315. The van der Waals surface area contributed by atoms with Gasteiger partial charge in [0.1, 0.15) is 5.82 Å². The van der Waals surface area contributed by atoms with Crippen molar-refractivity contribution in [3.63, 3.8) is 0 Å². The number of ether oxygens (including phenoxy) is 2. The lowest BCUT2D eigenvalue weighted by molar-refractivity contribution is 0.0368. The minimum atomic E-state index is 0.518. The summed E-state index contributed by atoms with van der Waals surface area (Å²) in [6, 6.07) is 15.7. The van der Waals surface area contributed by atoms with Gasteiger partial charge in [0.25, 0.3) is 0 Å². The Kier molecular flexibility index (Phi) is 8.13. The Balaban J connectivity index is 1.30. The normalized spacial score (nSPS) is 16.6. The largest absolute Gasteiger partial charge is 0.379 e. The van der Waals surface area contributed by atoms with Gasteiger partial charge in [0.2, 0.25) is 5.95 Å². The predicted molar refractivity (Wildman–Crippen MR) is 155 cm³/mol. The van der Waals surface area contributed by atoms with E-state index >= 15 is 0 Å². The zero-order valence-electron chi connectivity index (χ0n) is 21.7. The molecule has 2 aromatic carbocycles. The molecule has 4 heterocycles. The summed E-state index contributed by atoms with van der Waals surface area (Å²) in [6.07, 6.45) is 0.987. The van der Waals surface area contributed by atoms with Crippen molar-refractivity contribution in [3.05, 3.63) is 58.7 Å². The third kappa shape index (κ3) is 6.28. The zero-order chi connectivity index (χ0) is 26.6. The van der Waals surface area contributed by atoms with Gasteiger partial charge in [0, 0.05) is 67.0 Å². The summed E-state index contributed by atoms with van der Waals surface area (Å²) in [5, 5.41) is 10.2. The number of nitrogens with one attached hydrogen (secondary N) is 1. The number of benzene rings is 2. The number of hydrogen-bond donors (Lipinski definition) is 1. The van der Waals surface area contributed by atoms with Crippen molar-refractivity contribution in [1.29, 1.82) is 0 Å². The van der Waals surface area contributed by atoms with Gasteiger partial charge in [-0.25, -0.2) is 4.98 Å². The Morgan fingerprint density at radius 3 is 2.33 bits per heavy atom. The molecule has 2 fully saturated rings. The van der Waals surface area contributed by atoms with Gasteiger partial charge in [0.15, 0.2) is 5.15 Å². The maximum atomic E-state index is 6.53. The van der Waals surface area contributed by atoms with E-state index in [9.17, 15) is 0 Å². The number of rotatable bonds is 8. The fourth-order valence-electron chi connectivity index (χ4n) is 4.96. The first kappa shape index (κ1) is 26.3. The van der Waals surface area contributed by atoms with Crippen molar-refractivity contribution in [2.75, 3.05) is 69.4 Å². The van der Waals surface area contributed by atoms with Crippen LogP contribution >= 0.6 is 23.2 Å². The second-order valence-corrected chi connectivity index (χ2v) is 10.5. The van der Waals surface area contributed by atoms with Gasteiger partial charge in [-0.2, -0.15) is 10.1 Å². The van der Waals surface area contributed by atoms with Crippen molar-refractivity contribution in [1.82, 2.24) is 24.6 Å². The maximum absolute atomic E-state index is 6.53. The highest BCUT2D eigenvalue weighted by Gasteiger charge is 2.18. The van der Waals surface area contributed by atoms with Crippen molar-refractivity contribution in [2.24, 2.45) is 0 Å². The van der Waals surface area contributed by atoms with Crippen LogP contribution in [0.25, 0.3) is 22.2 Å². The van der Waals surface area contributed by atoms with Gasteiger partial charge in [-0.15, -0.1) is 0 Å². The molecule has 2 saturated heterocycles. The topological polar surface area (TPSA) is 80.6 Å². The van der Waals surface area contributed by atoms with E-state index in [4.69, 9.17) is 42.6 Å². The molecule has 6 rings (SSSR count). The Bertz CT molecular complexity index is 1420. The molecular formula is C28H31Cl2N7O2. The number of aryl methyl sites for hydroxylation is 1. The van der Waals surface area contributed by atoms with Crippen molar-refractivity contribution >= 4 is 51.6 Å². The summed E-state index contributed by atoms with van der Waals surface area (Å²) in [4.78, 5) is 14.4. The Morgan fingerprint density at radius 2 is 1.56 bits per heavy atom. The fraction of sp³-hybridized carbons (Fsp3) is 0.393. The minimum absolute atomic E-state index is 0.518. The van der Waals surface area contributed by atoms with Crippen LogP contribution in [0.1, 0.15) is 6.42 Å². The first-order valence-corrected chi connectivity index (χ1v) is 14.1. The van der Waals surface area contributed by atoms with E-state index in [0.29, 0.717) is 35.2 Å². The van der Waals surface area contributed by atoms with Crippen LogP contribution in [-0.4, -0.2) is 83.8 Å². The number of fused-ring (bicyclic) bond motifs is 1. The van der Waals surface area contributed by atoms with Gasteiger partial charge < -0.3 is 19.7 Å². The molecule has 2 aliphatic rings. The van der Waals surface area contributed by atoms with Crippen molar-refractivity contribution in [2.45, 2.75) is 13.0 Å². The van der Waals surface area contributed by atoms with E-state index in [1.807, 2.05) is 47.1 Å². The minimum Gasteiger partial charge on any atom is -0.379 e. The lowest BCUT2D eigenvalue weighted by atomic mass is 10.1. The van der Waals surface area contributed by atoms with Crippen molar-refractivity contribution < 1.29 is 9.47 Å². The third-order valence-corrected chi connectivity index (χ3v) is 7.61. The summed E-state index contributed by atoms with van der Waals surface area (Å²) in [6.45, 7) is 8.17. The van der Waals surface area contributed by atoms with Crippen LogP contribution in [-0.2, 0) is 16.0 Å². The van der Waals surface area contributed by atoms with E-state index in [0.717, 1.165) is 86.8 Å². The molecule has 39 heavy (non-hydrogen) atoms. The van der Waals surface area contributed by atoms with Crippen LogP contribution in [0.4, 0.5) is 17.5 Å². The summed E-state index contributed by atoms with van der Waals surface area (Å²) >= 11 is 12.6. The Labute approximate surface area is 237 Å². The van der Waals surface area contributed by atoms with Crippen LogP contribution in [0, 0.1) is 0 Å². The number of nitrogens with zero attached hydrogens (tertiary/aromatic N) is 6. The molecule has 2 aliphatic heterocycles. The maximum Gasteiger partial charge on any atom is 0.228 e. The summed E-state index contributed by atoms with van der Waals surface area (Å²) < 4.78 is 13.0. The number of anilines is 3. The second-order valence-electron chi connectivity index (χ2n) is 9.72. The molecule has 11 heteroatoms. The number of hydrogen-bond acceptors (Lipinski definition) is 8.